The molecule has 104 valence electrons. The van der Waals surface area contributed by atoms with Crippen molar-refractivity contribution in [3.63, 3.8) is 0 Å². The molecular weight excluding hydrogens is 278 g/mol. The third-order valence-corrected chi connectivity index (χ3v) is 3.07. The van der Waals surface area contributed by atoms with Crippen molar-refractivity contribution in [2.45, 2.75) is 6.42 Å². The third-order valence-electron chi connectivity index (χ3n) is 2.77. The summed E-state index contributed by atoms with van der Waals surface area (Å²) in [5.74, 6) is 0.172. The molecule has 5 nitrogen and oxygen atoms in total. The normalized spacial score (nSPS) is 10.2. The summed E-state index contributed by atoms with van der Waals surface area (Å²) in [5.41, 5.74) is 6.88. The second-order valence-corrected chi connectivity index (χ2v) is 4.67. The first-order valence-corrected chi connectivity index (χ1v) is 6.41. The number of pyridine rings is 1. The number of phenolic OH excluding ortho intramolecular Hbond substituents is 1. The summed E-state index contributed by atoms with van der Waals surface area (Å²) in [5, 5.41) is 12.2. The summed E-state index contributed by atoms with van der Waals surface area (Å²) < 4.78 is 0. The highest BCUT2D eigenvalue weighted by atomic mass is 35.5. The molecule has 6 heteroatoms. The molecule has 1 aromatic heterocycles. The van der Waals surface area contributed by atoms with Crippen LogP contribution >= 0.6 is 11.6 Å². The Kier molecular flexibility index (Phi) is 4.42. The van der Waals surface area contributed by atoms with E-state index in [-0.39, 0.29) is 22.5 Å². The van der Waals surface area contributed by atoms with Crippen LogP contribution in [0.4, 0.5) is 5.82 Å². The molecule has 1 aromatic carbocycles. The molecule has 0 fully saturated rings. The number of carbonyl (C=O) groups is 1. The Morgan fingerprint density at radius 1 is 1.35 bits per heavy atom. The van der Waals surface area contributed by atoms with Crippen LogP contribution in [-0.4, -0.2) is 22.5 Å². The number of nitrogens with two attached hydrogens (primary N) is 1. The zero-order valence-electron chi connectivity index (χ0n) is 10.6. The number of nitrogen functional groups attached to an aromatic ring is 1. The number of anilines is 1. The highest BCUT2D eigenvalue weighted by Gasteiger charge is 2.08. The molecule has 0 aliphatic carbocycles. The molecule has 0 bridgehead atoms. The largest absolute Gasteiger partial charge is 0.508 e. The monoisotopic (exact) mass is 291 g/mol. The number of halogens is 1. The molecule has 4 N–H and O–H groups in total. The van der Waals surface area contributed by atoms with E-state index in [9.17, 15) is 4.79 Å². The van der Waals surface area contributed by atoms with Crippen molar-refractivity contribution in [2.24, 2.45) is 0 Å². The van der Waals surface area contributed by atoms with Gasteiger partial charge in [0.2, 0.25) is 0 Å². The lowest BCUT2D eigenvalue weighted by molar-refractivity contribution is 0.0954. The Bertz CT molecular complexity index is 614. The van der Waals surface area contributed by atoms with Crippen molar-refractivity contribution < 1.29 is 9.90 Å². The summed E-state index contributed by atoms with van der Waals surface area (Å²) in [4.78, 5) is 15.7. The zero-order valence-corrected chi connectivity index (χ0v) is 11.4. The molecule has 0 radical (unpaired) electrons. The molecule has 0 spiro atoms. The van der Waals surface area contributed by atoms with Gasteiger partial charge < -0.3 is 16.2 Å². The number of nitrogens with one attached hydrogen (secondary N) is 1. The predicted octanol–water partition coefficient (Wildman–Crippen LogP) is 2.00. The highest BCUT2D eigenvalue weighted by Crippen LogP contribution is 2.16. The number of carbonyl (C=O) groups excluding carboxylic acids is 1. The molecule has 0 unspecified atom stereocenters. The molecule has 1 heterocycles. The Morgan fingerprint density at radius 3 is 2.70 bits per heavy atom. The van der Waals surface area contributed by atoms with Crippen molar-refractivity contribution >= 4 is 23.3 Å². The van der Waals surface area contributed by atoms with Gasteiger partial charge in [-0.05, 0) is 30.2 Å². The van der Waals surface area contributed by atoms with Gasteiger partial charge in [0.15, 0.2) is 0 Å². The van der Waals surface area contributed by atoms with Crippen molar-refractivity contribution in [1.82, 2.24) is 10.3 Å². The lowest BCUT2D eigenvalue weighted by atomic mass is 10.1. The van der Waals surface area contributed by atoms with E-state index in [1.165, 1.54) is 12.3 Å². The number of rotatable bonds is 4. The van der Waals surface area contributed by atoms with E-state index in [2.05, 4.69) is 10.3 Å². The van der Waals surface area contributed by atoms with E-state index in [0.717, 1.165) is 5.56 Å². The van der Waals surface area contributed by atoms with Gasteiger partial charge in [0.1, 0.15) is 11.6 Å². The molecular formula is C14H14ClN3O2. The number of nitrogens with zero attached hydrogens (tertiary/aromatic N) is 1. The van der Waals surface area contributed by atoms with Crippen LogP contribution in [0, 0.1) is 0 Å². The molecule has 0 saturated carbocycles. The number of hydrogen-bond donors (Lipinski definition) is 3. The SMILES string of the molecule is Nc1ncc(C(=O)NCCc2ccc(O)cc2)cc1Cl. The topological polar surface area (TPSA) is 88.2 Å². The average molecular weight is 292 g/mol. The lowest BCUT2D eigenvalue weighted by Crippen LogP contribution is -2.25. The number of aromatic hydroxyl groups is 1. The van der Waals surface area contributed by atoms with Gasteiger partial charge in [-0.3, -0.25) is 4.79 Å². The van der Waals surface area contributed by atoms with Crippen molar-refractivity contribution in [2.75, 3.05) is 12.3 Å². The van der Waals surface area contributed by atoms with Gasteiger partial charge in [-0.15, -0.1) is 0 Å². The van der Waals surface area contributed by atoms with Crippen LogP contribution in [-0.2, 0) is 6.42 Å². The van der Waals surface area contributed by atoms with Gasteiger partial charge >= 0.3 is 0 Å². The first-order chi connectivity index (χ1) is 9.56. The third kappa shape index (κ3) is 3.61. The number of amides is 1. The van der Waals surface area contributed by atoms with Gasteiger partial charge in [-0.2, -0.15) is 0 Å². The van der Waals surface area contributed by atoms with Gasteiger partial charge in [0.25, 0.3) is 5.91 Å². The minimum Gasteiger partial charge on any atom is -0.508 e. The zero-order chi connectivity index (χ0) is 14.5. The van der Waals surface area contributed by atoms with Gasteiger partial charge in [-0.25, -0.2) is 4.98 Å². The summed E-state index contributed by atoms with van der Waals surface area (Å²) in [7, 11) is 0. The van der Waals surface area contributed by atoms with E-state index in [0.29, 0.717) is 18.5 Å². The van der Waals surface area contributed by atoms with Gasteiger partial charge in [0, 0.05) is 12.7 Å². The fourth-order valence-corrected chi connectivity index (χ4v) is 1.82. The molecule has 2 rings (SSSR count). The van der Waals surface area contributed by atoms with E-state index < -0.39 is 0 Å². The summed E-state index contributed by atoms with van der Waals surface area (Å²) in [6.07, 6.45) is 2.05. The number of benzene rings is 1. The smallest absolute Gasteiger partial charge is 0.252 e. The highest BCUT2D eigenvalue weighted by molar-refractivity contribution is 6.33. The summed E-state index contributed by atoms with van der Waals surface area (Å²) >= 11 is 5.81. The van der Waals surface area contributed by atoms with Crippen molar-refractivity contribution in [1.29, 1.82) is 0 Å². The minimum absolute atomic E-state index is 0.201. The maximum atomic E-state index is 11.9. The molecule has 2 aromatic rings. The van der Waals surface area contributed by atoms with Crippen LogP contribution in [0.15, 0.2) is 36.5 Å². The fraction of sp³-hybridized carbons (Fsp3) is 0.143. The number of hydrogen-bond acceptors (Lipinski definition) is 4. The maximum Gasteiger partial charge on any atom is 0.252 e. The number of aromatic nitrogens is 1. The molecule has 0 saturated heterocycles. The summed E-state index contributed by atoms with van der Waals surface area (Å²) in [6.45, 7) is 0.478. The second-order valence-electron chi connectivity index (χ2n) is 4.26. The van der Waals surface area contributed by atoms with Crippen LogP contribution in [0.2, 0.25) is 5.02 Å². The molecule has 1 amide bonds. The van der Waals surface area contributed by atoms with Gasteiger partial charge in [0.05, 0.1) is 10.6 Å². The van der Waals surface area contributed by atoms with Crippen molar-refractivity contribution in [3.05, 3.63) is 52.7 Å². The first-order valence-electron chi connectivity index (χ1n) is 6.03. The van der Waals surface area contributed by atoms with Crippen molar-refractivity contribution in [3.8, 4) is 5.75 Å². The standard InChI is InChI=1S/C14H14ClN3O2/c15-12-7-10(8-18-13(12)16)14(20)17-6-5-9-1-3-11(19)4-2-9/h1-4,7-8,19H,5-6H2,(H2,16,18)(H,17,20). The van der Waals surface area contributed by atoms with Crippen LogP contribution in [0.1, 0.15) is 15.9 Å². The average Bonchev–Trinajstić information content (AvgIpc) is 2.44. The summed E-state index contributed by atoms with van der Waals surface area (Å²) in [6, 6.07) is 8.33. The predicted molar refractivity (Wildman–Crippen MR) is 77.8 cm³/mol. The Labute approximate surface area is 121 Å². The van der Waals surface area contributed by atoms with Crippen LogP contribution in [0.5, 0.6) is 5.75 Å². The Balaban J connectivity index is 1.88. The van der Waals surface area contributed by atoms with E-state index in [4.69, 9.17) is 22.4 Å². The maximum absolute atomic E-state index is 11.9. The molecule has 0 aliphatic heterocycles. The molecule has 0 atom stereocenters. The van der Waals surface area contributed by atoms with E-state index >= 15 is 0 Å². The van der Waals surface area contributed by atoms with Crippen LogP contribution in [0.25, 0.3) is 0 Å². The minimum atomic E-state index is -0.252. The van der Waals surface area contributed by atoms with Crippen LogP contribution in [0.3, 0.4) is 0 Å². The quantitative estimate of drug-likeness (QED) is 0.804. The number of phenols is 1. The lowest BCUT2D eigenvalue weighted by Gasteiger charge is -2.06. The van der Waals surface area contributed by atoms with Gasteiger partial charge in [-0.1, -0.05) is 23.7 Å². The Hall–Kier alpha value is -2.27. The van der Waals surface area contributed by atoms with Crippen LogP contribution < -0.4 is 11.1 Å². The fourth-order valence-electron chi connectivity index (χ4n) is 1.66. The molecule has 20 heavy (non-hydrogen) atoms. The second kappa shape index (κ2) is 6.25. The first kappa shape index (κ1) is 14.1. The molecule has 0 aliphatic rings. The van der Waals surface area contributed by atoms with E-state index in [1.807, 2.05) is 12.1 Å². The van der Waals surface area contributed by atoms with E-state index in [1.54, 1.807) is 12.1 Å². The Morgan fingerprint density at radius 2 is 2.05 bits per heavy atom.